The van der Waals surface area contributed by atoms with Crippen molar-refractivity contribution in [2.75, 3.05) is 26.8 Å². The molecule has 1 amide bonds. The van der Waals surface area contributed by atoms with Gasteiger partial charge in [0.15, 0.2) is 0 Å². The molecule has 2 aliphatic rings. The number of rotatable bonds is 5. The molecule has 0 bridgehead atoms. The average molecular weight is 333 g/mol. The number of amides is 1. The Kier molecular flexibility index (Phi) is 5.04. The minimum atomic E-state index is -0.500. The van der Waals surface area contributed by atoms with Gasteiger partial charge >= 0.3 is 5.97 Å². The summed E-state index contributed by atoms with van der Waals surface area (Å²) in [5.74, 6) is 0.359. The van der Waals surface area contributed by atoms with E-state index in [2.05, 4.69) is 0 Å². The van der Waals surface area contributed by atoms with Crippen molar-refractivity contribution >= 4 is 11.9 Å². The number of ether oxygens (including phenoxy) is 2. The predicted molar refractivity (Wildman–Crippen MR) is 87.1 cm³/mol. The highest BCUT2D eigenvalue weighted by atomic mass is 16.5. The fraction of sp³-hybridized carbons (Fsp3) is 0.556. The van der Waals surface area contributed by atoms with Crippen molar-refractivity contribution in [1.82, 2.24) is 4.90 Å². The fourth-order valence-electron chi connectivity index (χ4n) is 3.02. The Morgan fingerprint density at radius 1 is 1.21 bits per heavy atom. The molecule has 1 heterocycles. The highest BCUT2D eigenvalue weighted by molar-refractivity contribution is 5.98. The third-order valence-corrected chi connectivity index (χ3v) is 4.74. The molecular formula is C18H23NO5. The van der Waals surface area contributed by atoms with Crippen LogP contribution in [0.4, 0.5) is 0 Å². The first-order valence-electron chi connectivity index (χ1n) is 8.40. The van der Waals surface area contributed by atoms with Gasteiger partial charge in [0, 0.05) is 18.7 Å². The van der Waals surface area contributed by atoms with E-state index in [0.717, 1.165) is 12.8 Å². The molecule has 1 atom stereocenters. The molecule has 6 nitrogen and oxygen atoms in total. The molecule has 1 saturated heterocycles. The number of likely N-dealkylation sites (tertiary alicyclic amines) is 1. The van der Waals surface area contributed by atoms with E-state index in [0.29, 0.717) is 48.9 Å². The number of β-amino-alcohol motifs (C(OH)–C–C–N with tert-alkyl or cyclic N) is 1. The summed E-state index contributed by atoms with van der Waals surface area (Å²) in [5.41, 5.74) is 0.683. The summed E-state index contributed by atoms with van der Waals surface area (Å²) in [6, 6.07) is 4.80. The van der Waals surface area contributed by atoms with Gasteiger partial charge in [0.1, 0.15) is 5.75 Å². The van der Waals surface area contributed by atoms with E-state index in [1.807, 2.05) is 0 Å². The second-order valence-corrected chi connectivity index (χ2v) is 6.54. The number of methoxy groups -OCH3 is 1. The number of benzene rings is 1. The standard InChI is InChI=1S/C18H23NO5/c1-23-18(22)14-7-13(17(21)19-6-5-15(20)10-19)8-16(9-14)24-11-12-3-2-4-12/h7-9,12,15,20H,2-6,10-11H2,1H3/t15-/m0/s1. The molecule has 2 fully saturated rings. The van der Waals surface area contributed by atoms with Crippen LogP contribution in [-0.2, 0) is 4.74 Å². The molecule has 1 saturated carbocycles. The monoisotopic (exact) mass is 333 g/mol. The van der Waals surface area contributed by atoms with Crippen molar-refractivity contribution in [3.63, 3.8) is 0 Å². The van der Waals surface area contributed by atoms with E-state index < -0.39 is 12.1 Å². The molecule has 0 spiro atoms. The van der Waals surface area contributed by atoms with Crippen LogP contribution in [0.3, 0.4) is 0 Å². The van der Waals surface area contributed by atoms with Crippen LogP contribution in [0.1, 0.15) is 46.4 Å². The smallest absolute Gasteiger partial charge is 0.338 e. The molecule has 1 N–H and O–H groups in total. The lowest BCUT2D eigenvalue weighted by atomic mass is 9.86. The minimum absolute atomic E-state index is 0.203. The van der Waals surface area contributed by atoms with Gasteiger partial charge in [-0.25, -0.2) is 4.79 Å². The summed E-state index contributed by atoms with van der Waals surface area (Å²) in [7, 11) is 1.31. The number of nitrogens with zero attached hydrogens (tertiary/aromatic N) is 1. The SMILES string of the molecule is COC(=O)c1cc(OCC2CCC2)cc(C(=O)N2CC[C@H](O)C2)c1. The van der Waals surface area contributed by atoms with Crippen LogP contribution in [-0.4, -0.2) is 54.8 Å². The zero-order valence-corrected chi connectivity index (χ0v) is 13.9. The Bertz CT molecular complexity index is 626. The molecule has 1 aliphatic heterocycles. The molecule has 3 rings (SSSR count). The summed E-state index contributed by atoms with van der Waals surface area (Å²) < 4.78 is 10.6. The molecule has 1 aromatic carbocycles. The van der Waals surface area contributed by atoms with Crippen LogP contribution in [0, 0.1) is 5.92 Å². The van der Waals surface area contributed by atoms with Gasteiger partial charge in [0.2, 0.25) is 0 Å². The summed E-state index contributed by atoms with van der Waals surface area (Å²) in [6.07, 6.45) is 3.65. The zero-order chi connectivity index (χ0) is 17.1. The molecule has 1 aromatic rings. The maximum Gasteiger partial charge on any atom is 0.338 e. The van der Waals surface area contributed by atoms with Crippen LogP contribution >= 0.6 is 0 Å². The van der Waals surface area contributed by atoms with Crippen LogP contribution in [0.25, 0.3) is 0 Å². The molecule has 130 valence electrons. The van der Waals surface area contributed by atoms with Gasteiger partial charge in [-0.1, -0.05) is 6.42 Å². The lowest BCUT2D eigenvalue weighted by molar-refractivity contribution is 0.0600. The lowest BCUT2D eigenvalue weighted by Gasteiger charge is -2.25. The van der Waals surface area contributed by atoms with Crippen molar-refractivity contribution in [3.05, 3.63) is 29.3 Å². The first-order chi connectivity index (χ1) is 11.6. The first-order valence-corrected chi connectivity index (χ1v) is 8.40. The van der Waals surface area contributed by atoms with Gasteiger partial charge in [0.05, 0.1) is 25.4 Å². The first kappa shape index (κ1) is 16.8. The van der Waals surface area contributed by atoms with E-state index >= 15 is 0 Å². The predicted octanol–water partition coefficient (Wildman–Crippen LogP) is 1.86. The van der Waals surface area contributed by atoms with Crippen molar-refractivity contribution in [2.45, 2.75) is 31.8 Å². The molecule has 0 unspecified atom stereocenters. The number of aliphatic hydroxyl groups excluding tert-OH is 1. The topological polar surface area (TPSA) is 76.1 Å². The van der Waals surface area contributed by atoms with Crippen LogP contribution in [0.2, 0.25) is 0 Å². The van der Waals surface area contributed by atoms with Crippen molar-refractivity contribution in [3.8, 4) is 5.75 Å². The summed E-state index contributed by atoms with van der Waals surface area (Å²) in [5, 5.41) is 9.62. The fourth-order valence-corrected chi connectivity index (χ4v) is 3.02. The summed E-state index contributed by atoms with van der Waals surface area (Å²) >= 11 is 0. The molecule has 24 heavy (non-hydrogen) atoms. The third kappa shape index (κ3) is 3.70. The number of hydrogen-bond acceptors (Lipinski definition) is 5. The second-order valence-electron chi connectivity index (χ2n) is 6.54. The van der Waals surface area contributed by atoms with Gasteiger partial charge in [-0.05, 0) is 43.4 Å². The molecular weight excluding hydrogens is 310 g/mol. The van der Waals surface area contributed by atoms with Crippen molar-refractivity contribution < 1.29 is 24.2 Å². The molecule has 6 heteroatoms. The number of esters is 1. The highest BCUT2D eigenvalue weighted by Gasteiger charge is 2.26. The van der Waals surface area contributed by atoms with Gasteiger partial charge in [-0.2, -0.15) is 0 Å². The van der Waals surface area contributed by atoms with E-state index in [1.54, 1.807) is 17.0 Å². The van der Waals surface area contributed by atoms with Crippen LogP contribution in [0.15, 0.2) is 18.2 Å². The van der Waals surface area contributed by atoms with Crippen LogP contribution < -0.4 is 4.74 Å². The Morgan fingerprint density at radius 3 is 2.54 bits per heavy atom. The van der Waals surface area contributed by atoms with E-state index in [1.165, 1.54) is 19.6 Å². The van der Waals surface area contributed by atoms with Gasteiger partial charge in [-0.3, -0.25) is 4.79 Å². The Balaban J connectivity index is 1.80. The number of carbonyl (C=O) groups is 2. The zero-order valence-electron chi connectivity index (χ0n) is 13.9. The van der Waals surface area contributed by atoms with Gasteiger partial charge < -0.3 is 19.5 Å². The van der Waals surface area contributed by atoms with Gasteiger partial charge in [0.25, 0.3) is 5.91 Å². The average Bonchev–Trinajstić information content (AvgIpc) is 2.98. The Hall–Kier alpha value is -2.08. The van der Waals surface area contributed by atoms with E-state index in [4.69, 9.17) is 9.47 Å². The van der Waals surface area contributed by atoms with Crippen molar-refractivity contribution in [1.29, 1.82) is 0 Å². The molecule has 0 aromatic heterocycles. The summed E-state index contributed by atoms with van der Waals surface area (Å²) in [4.78, 5) is 26.1. The van der Waals surface area contributed by atoms with Gasteiger partial charge in [-0.15, -0.1) is 0 Å². The number of carbonyl (C=O) groups excluding carboxylic acids is 2. The second kappa shape index (κ2) is 7.21. The Labute approximate surface area is 141 Å². The van der Waals surface area contributed by atoms with Crippen molar-refractivity contribution in [2.24, 2.45) is 5.92 Å². The van der Waals surface area contributed by atoms with E-state index in [-0.39, 0.29) is 5.91 Å². The minimum Gasteiger partial charge on any atom is -0.493 e. The molecule has 0 radical (unpaired) electrons. The lowest BCUT2D eigenvalue weighted by Crippen LogP contribution is -2.29. The summed E-state index contributed by atoms with van der Waals surface area (Å²) in [6.45, 7) is 1.43. The Morgan fingerprint density at radius 2 is 1.96 bits per heavy atom. The molecule has 1 aliphatic carbocycles. The normalized spacial score (nSPS) is 20.6. The quantitative estimate of drug-likeness (QED) is 0.833. The largest absolute Gasteiger partial charge is 0.493 e. The third-order valence-electron chi connectivity index (χ3n) is 4.74. The van der Waals surface area contributed by atoms with Crippen LogP contribution in [0.5, 0.6) is 5.75 Å². The van der Waals surface area contributed by atoms with E-state index in [9.17, 15) is 14.7 Å². The maximum absolute atomic E-state index is 12.6. The highest BCUT2D eigenvalue weighted by Crippen LogP contribution is 2.28. The maximum atomic E-state index is 12.6. The number of aliphatic hydroxyl groups is 1. The number of hydrogen-bond donors (Lipinski definition) is 1.